The molecular weight excluding hydrogens is 300 g/mol. The van der Waals surface area contributed by atoms with E-state index in [1.54, 1.807) is 0 Å². The molecule has 0 aliphatic rings. The van der Waals surface area contributed by atoms with Gasteiger partial charge in [-0.1, -0.05) is 35.4 Å². The van der Waals surface area contributed by atoms with Crippen LogP contribution in [0.1, 0.15) is 28.7 Å². The summed E-state index contributed by atoms with van der Waals surface area (Å²) in [6.07, 6.45) is 0.757. The Morgan fingerprint density at radius 3 is 2.21 bits per heavy atom. The zero-order chi connectivity index (χ0) is 17.5. The lowest BCUT2D eigenvalue weighted by Gasteiger charge is -2.13. The van der Waals surface area contributed by atoms with Crippen LogP contribution in [0.4, 0.5) is 10.5 Å². The van der Waals surface area contributed by atoms with Crippen molar-refractivity contribution in [3.05, 3.63) is 58.7 Å². The lowest BCUT2D eigenvalue weighted by Crippen LogP contribution is -2.30. The molecule has 128 valence electrons. The van der Waals surface area contributed by atoms with Crippen LogP contribution >= 0.6 is 0 Å². The number of benzene rings is 2. The van der Waals surface area contributed by atoms with E-state index >= 15 is 0 Å². The third kappa shape index (κ3) is 5.30. The van der Waals surface area contributed by atoms with Crippen molar-refractivity contribution in [2.75, 3.05) is 18.5 Å². The average Bonchev–Trinajstić information content (AvgIpc) is 2.52. The van der Waals surface area contributed by atoms with E-state index in [1.807, 2.05) is 45.0 Å². The maximum atomic E-state index is 12.0. The van der Waals surface area contributed by atoms with E-state index in [0.717, 1.165) is 29.0 Å². The van der Waals surface area contributed by atoms with E-state index in [4.69, 9.17) is 4.74 Å². The molecule has 2 aromatic carbocycles. The van der Waals surface area contributed by atoms with Gasteiger partial charge in [0.05, 0.1) is 6.61 Å². The molecule has 0 bridgehead atoms. The number of anilines is 1. The van der Waals surface area contributed by atoms with Crippen molar-refractivity contribution >= 4 is 11.7 Å². The van der Waals surface area contributed by atoms with E-state index in [-0.39, 0.29) is 6.03 Å². The molecule has 0 saturated heterocycles. The lowest BCUT2D eigenvalue weighted by molar-refractivity contribution is 0.250. The maximum absolute atomic E-state index is 12.0. The molecule has 0 radical (unpaired) electrons. The SMILES string of the molecule is Cc1ccc(OCCCNC(=O)Nc2c(C)cc(C)cc2C)cc1. The zero-order valence-corrected chi connectivity index (χ0v) is 14.9. The molecule has 0 heterocycles. The van der Waals surface area contributed by atoms with Gasteiger partial charge in [-0.05, 0) is 57.4 Å². The highest BCUT2D eigenvalue weighted by molar-refractivity contribution is 5.91. The maximum Gasteiger partial charge on any atom is 0.319 e. The molecule has 0 saturated carbocycles. The van der Waals surface area contributed by atoms with Crippen LogP contribution in [0.15, 0.2) is 36.4 Å². The number of nitrogens with one attached hydrogen (secondary N) is 2. The van der Waals surface area contributed by atoms with E-state index < -0.39 is 0 Å². The summed E-state index contributed by atoms with van der Waals surface area (Å²) in [5.74, 6) is 0.857. The molecule has 0 unspecified atom stereocenters. The summed E-state index contributed by atoms with van der Waals surface area (Å²) < 4.78 is 5.64. The lowest BCUT2D eigenvalue weighted by atomic mass is 10.1. The van der Waals surface area contributed by atoms with Crippen molar-refractivity contribution in [1.82, 2.24) is 5.32 Å². The molecule has 2 rings (SSSR count). The molecule has 0 aliphatic heterocycles. The molecule has 0 spiro atoms. The molecular formula is C20H26N2O2. The fourth-order valence-electron chi connectivity index (χ4n) is 2.63. The molecule has 4 heteroatoms. The molecule has 2 aromatic rings. The number of amides is 2. The highest BCUT2D eigenvalue weighted by Gasteiger charge is 2.07. The van der Waals surface area contributed by atoms with Crippen LogP contribution in [-0.2, 0) is 0 Å². The standard InChI is InChI=1S/C20H26N2O2/c1-14-6-8-18(9-7-14)24-11-5-10-21-20(23)22-19-16(3)12-15(2)13-17(19)4/h6-9,12-13H,5,10-11H2,1-4H3,(H2,21,22,23). The third-order valence-electron chi connectivity index (χ3n) is 3.81. The quantitative estimate of drug-likeness (QED) is 0.767. The summed E-state index contributed by atoms with van der Waals surface area (Å²) >= 11 is 0. The van der Waals surface area contributed by atoms with Crippen molar-refractivity contribution in [3.63, 3.8) is 0 Å². The Bertz CT molecular complexity index is 670. The molecule has 0 aliphatic carbocycles. The van der Waals surface area contributed by atoms with Gasteiger partial charge in [0.2, 0.25) is 0 Å². The van der Waals surface area contributed by atoms with Crippen LogP contribution in [0.2, 0.25) is 0 Å². The van der Waals surface area contributed by atoms with Crippen LogP contribution in [-0.4, -0.2) is 19.2 Å². The molecule has 0 atom stereocenters. The van der Waals surface area contributed by atoms with Gasteiger partial charge in [-0.25, -0.2) is 4.79 Å². The van der Waals surface area contributed by atoms with Crippen LogP contribution in [0.5, 0.6) is 5.75 Å². The largest absolute Gasteiger partial charge is 0.494 e. The first-order valence-corrected chi connectivity index (χ1v) is 8.28. The fraction of sp³-hybridized carbons (Fsp3) is 0.350. The Kier molecular flexibility index (Phi) is 6.24. The molecule has 2 amide bonds. The number of urea groups is 1. The second-order valence-electron chi connectivity index (χ2n) is 6.17. The van der Waals surface area contributed by atoms with Crippen LogP contribution in [0, 0.1) is 27.7 Å². The van der Waals surface area contributed by atoms with E-state index in [1.165, 1.54) is 11.1 Å². The number of hydrogen-bond donors (Lipinski definition) is 2. The monoisotopic (exact) mass is 326 g/mol. The van der Waals surface area contributed by atoms with Gasteiger partial charge in [0.25, 0.3) is 0 Å². The number of rotatable bonds is 6. The van der Waals surface area contributed by atoms with Gasteiger partial charge in [0, 0.05) is 12.2 Å². The molecule has 0 fully saturated rings. The molecule has 4 nitrogen and oxygen atoms in total. The first kappa shape index (κ1) is 17.9. The Hall–Kier alpha value is -2.49. The highest BCUT2D eigenvalue weighted by atomic mass is 16.5. The zero-order valence-electron chi connectivity index (χ0n) is 14.9. The van der Waals surface area contributed by atoms with Gasteiger partial charge in [0.1, 0.15) is 5.75 Å². The van der Waals surface area contributed by atoms with E-state index in [2.05, 4.69) is 29.7 Å². The van der Waals surface area contributed by atoms with Crippen molar-refractivity contribution in [1.29, 1.82) is 0 Å². The van der Waals surface area contributed by atoms with Crippen molar-refractivity contribution in [2.24, 2.45) is 0 Å². The average molecular weight is 326 g/mol. The predicted octanol–water partition coefficient (Wildman–Crippen LogP) is 4.51. The summed E-state index contributed by atoms with van der Waals surface area (Å²) in [5.41, 5.74) is 5.44. The van der Waals surface area contributed by atoms with Gasteiger partial charge in [-0.2, -0.15) is 0 Å². The highest BCUT2D eigenvalue weighted by Crippen LogP contribution is 2.21. The third-order valence-corrected chi connectivity index (χ3v) is 3.81. The normalized spacial score (nSPS) is 10.3. The second-order valence-corrected chi connectivity index (χ2v) is 6.17. The van der Waals surface area contributed by atoms with Crippen molar-refractivity contribution in [3.8, 4) is 5.75 Å². The first-order chi connectivity index (χ1) is 11.5. The Labute approximate surface area is 144 Å². The number of carbonyl (C=O) groups is 1. The number of carbonyl (C=O) groups excluding carboxylic acids is 1. The van der Waals surface area contributed by atoms with Gasteiger partial charge in [-0.15, -0.1) is 0 Å². The van der Waals surface area contributed by atoms with Crippen LogP contribution in [0.25, 0.3) is 0 Å². The molecule has 24 heavy (non-hydrogen) atoms. The summed E-state index contributed by atoms with van der Waals surface area (Å²) in [6, 6.07) is 11.9. The minimum absolute atomic E-state index is 0.180. The van der Waals surface area contributed by atoms with Gasteiger partial charge < -0.3 is 15.4 Å². The first-order valence-electron chi connectivity index (χ1n) is 8.28. The van der Waals surface area contributed by atoms with E-state index in [9.17, 15) is 4.79 Å². The minimum Gasteiger partial charge on any atom is -0.494 e. The van der Waals surface area contributed by atoms with Crippen molar-refractivity contribution < 1.29 is 9.53 Å². The van der Waals surface area contributed by atoms with Crippen molar-refractivity contribution in [2.45, 2.75) is 34.1 Å². The Balaban J connectivity index is 1.71. The van der Waals surface area contributed by atoms with Gasteiger partial charge in [0.15, 0.2) is 0 Å². The fourth-order valence-corrected chi connectivity index (χ4v) is 2.63. The summed E-state index contributed by atoms with van der Waals surface area (Å²) in [5, 5.41) is 5.80. The number of hydrogen-bond acceptors (Lipinski definition) is 2. The Morgan fingerprint density at radius 1 is 0.958 bits per heavy atom. The van der Waals surface area contributed by atoms with Gasteiger partial charge in [-0.3, -0.25) is 0 Å². The van der Waals surface area contributed by atoms with E-state index in [0.29, 0.717) is 13.2 Å². The number of aryl methyl sites for hydroxylation is 4. The summed E-state index contributed by atoms with van der Waals surface area (Å²) in [4.78, 5) is 12.0. The predicted molar refractivity (Wildman–Crippen MR) is 99.0 cm³/mol. The topological polar surface area (TPSA) is 50.4 Å². The Morgan fingerprint density at radius 2 is 1.58 bits per heavy atom. The summed E-state index contributed by atoms with van der Waals surface area (Å²) in [6.45, 7) is 9.26. The van der Waals surface area contributed by atoms with Gasteiger partial charge >= 0.3 is 6.03 Å². The van der Waals surface area contributed by atoms with Crippen LogP contribution in [0.3, 0.4) is 0 Å². The smallest absolute Gasteiger partial charge is 0.319 e. The van der Waals surface area contributed by atoms with Crippen LogP contribution < -0.4 is 15.4 Å². The second kappa shape index (κ2) is 8.39. The summed E-state index contributed by atoms with van der Waals surface area (Å²) in [7, 11) is 0. The molecule has 2 N–H and O–H groups in total. The minimum atomic E-state index is -0.180. The number of ether oxygens (including phenoxy) is 1. The molecule has 0 aromatic heterocycles.